The fraction of sp³-hybridized carbons (Fsp3) is 0.263. The predicted octanol–water partition coefficient (Wildman–Crippen LogP) is 4.66. The van der Waals surface area contributed by atoms with Gasteiger partial charge in [-0.2, -0.15) is 0 Å². The van der Waals surface area contributed by atoms with E-state index in [0.29, 0.717) is 17.9 Å². The Balaban J connectivity index is 1.86. The van der Waals surface area contributed by atoms with Gasteiger partial charge in [0.05, 0.1) is 23.2 Å². The molecule has 0 saturated carbocycles. The number of nitrogens with zero attached hydrogens (tertiary/aromatic N) is 2. The number of benzene rings is 2. The quantitative estimate of drug-likeness (QED) is 0.475. The van der Waals surface area contributed by atoms with E-state index in [4.69, 9.17) is 4.74 Å². The summed E-state index contributed by atoms with van der Waals surface area (Å²) >= 11 is 1.59. The number of halogens is 1. The lowest BCUT2D eigenvalue weighted by Crippen LogP contribution is -2.04. The maximum Gasteiger partial charge on any atom is 0.338 e. The largest absolute Gasteiger partial charge is 0.462 e. The molecule has 0 saturated heterocycles. The molecule has 0 aliphatic carbocycles. The summed E-state index contributed by atoms with van der Waals surface area (Å²) in [6.07, 6.45) is 0. The van der Waals surface area contributed by atoms with E-state index < -0.39 is 0 Å². The smallest absolute Gasteiger partial charge is 0.338 e. The van der Waals surface area contributed by atoms with Gasteiger partial charge in [0.1, 0.15) is 5.82 Å². The summed E-state index contributed by atoms with van der Waals surface area (Å²) < 4.78 is 20.2. The van der Waals surface area contributed by atoms with Crippen molar-refractivity contribution >= 4 is 28.8 Å². The van der Waals surface area contributed by atoms with Crippen molar-refractivity contribution in [2.24, 2.45) is 0 Å². The normalized spacial score (nSPS) is 11.0. The molecule has 0 aliphatic heterocycles. The van der Waals surface area contributed by atoms with Crippen LogP contribution in [0.4, 0.5) is 4.39 Å². The highest BCUT2D eigenvalue weighted by Gasteiger charge is 2.14. The molecule has 0 amide bonds. The molecule has 3 rings (SSSR count). The van der Waals surface area contributed by atoms with Crippen molar-refractivity contribution < 1.29 is 13.9 Å². The van der Waals surface area contributed by atoms with Crippen molar-refractivity contribution in [2.45, 2.75) is 31.3 Å². The summed E-state index contributed by atoms with van der Waals surface area (Å²) in [6.45, 7) is 4.97. The Labute approximate surface area is 150 Å². The number of aromatic nitrogens is 2. The number of carbonyl (C=O) groups is 1. The third-order valence-electron chi connectivity index (χ3n) is 3.82. The van der Waals surface area contributed by atoms with Crippen LogP contribution in [0.5, 0.6) is 0 Å². The molecule has 0 bridgehead atoms. The van der Waals surface area contributed by atoms with E-state index >= 15 is 0 Å². The third-order valence-corrected chi connectivity index (χ3v) is 4.87. The second kappa shape index (κ2) is 7.70. The molecule has 1 heterocycles. The first kappa shape index (κ1) is 17.5. The molecule has 2 aromatic carbocycles. The van der Waals surface area contributed by atoms with E-state index in [2.05, 4.69) is 16.5 Å². The molecule has 4 nitrogen and oxygen atoms in total. The van der Waals surface area contributed by atoms with Gasteiger partial charge in [-0.25, -0.2) is 14.2 Å². The van der Waals surface area contributed by atoms with Gasteiger partial charge in [0, 0.05) is 12.3 Å². The van der Waals surface area contributed by atoms with Gasteiger partial charge >= 0.3 is 5.97 Å². The van der Waals surface area contributed by atoms with Crippen LogP contribution in [0.25, 0.3) is 11.0 Å². The maximum atomic E-state index is 13.0. The van der Waals surface area contributed by atoms with Gasteiger partial charge in [-0.15, -0.1) is 0 Å². The summed E-state index contributed by atoms with van der Waals surface area (Å²) in [5.41, 5.74) is 3.30. The van der Waals surface area contributed by atoms with Crippen LogP contribution in [-0.2, 0) is 17.0 Å². The van der Waals surface area contributed by atoms with E-state index in [1.807, 2.05) is 6.07 Å². The van der Waals surface area contributed by atoms with E-state index in [9.17, 15) is 9.18 Å². The minimum absolute atomic E-state index is 0.235. The van der Waals surface area contributed by atoms with Gasteiger partial charge in [0.2, 0.25) is 0 Å². The second-order valence-corrected chi connectivity index (χ2v) is 6.42. The van der Waals surface area contributed by atoms with Crippen LogP contribution in [0.1, 0.15) is 29.8 Å². The lowest BCUT2D eigenvalue weighted by atomic mass is 10.2. The second-order valence-electron chi connectivity index (χ2n) is 5.48. The molecule has 1 aromatic heterocycles. The van der Waals surface area contributed by atoms with E-state index in [0.717, 1.165) is 28.3 Å². The molecular formula is C19H19FN2O2S. The number of imidazole rings is 1. The zero-order valence-electron chi connectivity index (χ0n) is 14.2. The summed E-state index contributed by atoms with van der Waals surface area (Å²) in [7, 11) is 0. The Bertz CT molecular complexity index is 890. The van der Waals surface area contributed by atoms with Crippen molar-refractivity contribution in [3.63, 3.8) is 0 Å². The van der Waals surface area contributed by atoms with Crippen molar-refractivity contribution in [1.29, 1.82) is 0 Å². The van der Waals surface area contributed by atoms with Crippen LogP contribution in [0, 0.1) is 5.82 Å². The van der Waals surface area contributed by atoms with Crippen molar-refractivity contribution in [2.75, 3.05) is 6.61 Å². The first-order valence-corrected chi connectivity index (χ1v) is 9.15. The van der Waals surface area contributed by atoms with Crippen LogP contribution < -0.4 is 0 Å². The average molecular weight is 358 g/mol. The number of fused-ring (bicyclic) bond motifs is 1. The summed E-state index contributed by atoms with van der Waals surface area (Å²) in [5.74, 6) is 0.130. The van der Waals surface area contributed by atoms with Crippen molar-refractivity contribution in [1.82, 2.24) is 9.55 Å². The minimum atomic E-state index is -0.337. The summed E-state index contributed by atoms with van der Waals surface area (Å²) in [5, 5.41) is 0.878. The Hall–Kier alpha value is -2.34. The molecular weight excluding hydrogens is 339 g/mol. The first-order chi connectivity index (χ1) is 12.1. The molecule has 0 unspecified atom stereocenters. The molecule has 0 aliphatic rings. The van der Waals surface area contributed by atoms with Gasteiger partial charge in [0.25, 0.3) is 0 Å². The van der Waals surface area contributed by atoms with E-state index in [-0.39, 0.29) is 11.8 Å². The van der Waals surface area contributed by atoms with Crippen molar-refractivity contribution in [3.8, 4) is 0 Å². The molecule has 130 valence electrons. The zero-order chi connectivity index (χ0) is 17.8. The summed E-state index contributed by atoms with van der Waals surface area (Å²) in [6, 6.07) is 11.9. The van der Waals surface area contributed by atoms with Crippen LogP contribution in [0.3, 0.4) is 0 Å². The number of rotatable bonds is 6. The molecule has 3 aromatic rings. The number of carbonyl (C=O) groups excluding carboxylic acids is 1. The molecule has 0 radical (unpaired) electrons. The molecule has 0 fully saturated rings. The number of thioether (sulfide) groups is 1. The van der Waals surface area contributed by atoms with Crippen LogP contribution in [0.15, 0.2) is 47.6 Å². The van der Waals surface area contributed by atoms with Crippen molar-refractivity contribution in [3.05, 3.63) is 59.4 Å². The summed E-state index contributed by atoms with van der Waals surface area (Å²) in [4.78, 5) is 16.6. The van der Waals surface area contributed by atoms with E-state index in [1.54, 1.807) is 43.0 Å². The molecule has 0 N–H and O–H groups in total. The molecule has 25 heavy (non-hydrogen) atoms. The van der Waals surface area contributed by atoms with Crippen LogP contribution in [-0.4, -0.2) is 22.1 Å². The standard InChI is InChI=1S/C19H19FN2O2S/c1-3-22-17-10-7-14(18(23)24-4-2)11-16(17)21-19(22)25-12-13-5-8-15(20)9-6-13/h5-11H,3-4,12H2,1-2H3. The third kappa shape index (κ3) is 3.85. The molecule has 0 spiro atoms. The number of hydrogen-bond acceptors (Lipinski definition) is 4. The van der Waals surface area contributed by atoms with Gasteiger partial charge in [0.15, 0.2) is 5.16 Å². The first-order valence-electron chi connectivity index (χ1n) is 8.17. The fourth-order valence-electron chi connectivity index (χ4n) is 2.59. The number of ether oxygens (including phenoxy) is 1. The predicted molar refractivity (Wildman–Crippen MR) is 97.3 cm³/mol. The number of aryl methyl sites for hydroxylation is 1. The average Bonchev–Trinajstić information content (AvgIpc) is 2.98. The fourth-order valence-corrected chi connectivity index (χ4v) is 3.63. The monoisotopic (exact) mass is 358 g/mol. The molecule has 6 heteroatoms. The molecule has 0 atom stereocenters. The van der Waals surface area contributed by atoms with Gasteiger partial charge in [-0.1, -0.05) is 23.9 Å². The Morgan fingerprint density at radius 3 is 2.64 bits per heavy atom. The Morgan fingerprint density at radius 2 is 1.96 bits per heavy atom. The highest BCUT2D eigenvalue weighted by molar-refractivity contribution is 7.98. The highest BCUT2D eigenvalue weighted by atomic mass is 32.2. The highest BCUT2D eigenvalue weighted by Crippen LogP contribution is 2.27. The number of esters is 1. The van der Waals surface area contributed by atoms with Gasteiger partial charge < -0.3 is 9.30 Å². The van der Waals surface area contributed by atoms with Gasteiger partial charge in [-0.05, 0) is 49.7 Å². The van der Waals surface area contributed by atoms with Crippen LogP contribution in [0.2, 0.25) is 0 Å². The SMILES string of the molecule is CCOC(=O)c1ccc2c(c1)nc(SCc1ccc(F)cc1)n2CC. The maximum absolute atomic E-state index is 13.0. The Kier molecular flexibility index (Phi) is 5.38. The minimum Gasteiger partial charge on any atom is -0.462 e. The Morgan fingerprint density at radius 1 is 1.20 bits per heavy atom. The van der Waals surface area contributed by atoms with E-state index in [1.165, 1.54) is 12.1 Å². The lowest BCUT2D eigenvalue weighted by molar-refractivity contribution is 0.0526. The topological polar surface area (TPSA) is 44.1 Å². The number of hydrogen-bond donors (Lipinski definition) is 0. The lowest BCUT2D eigenvalue weighted by Gasteiger charge is -2.06. The zero-order valence-corrected chi connectivity index (χ0v) is 15.0. The van der Waals surface area contributed by atoms with Gasteiger partial charge in [-0.3, -0.25) is 0 Å². The van der Waals surface area contributed by atoms with Crippen LogP contribution >= 0.6 is 11.8 Å².